The molecular formula is C17H21Cl2NOS. The molecule has 5 heteroatoms. The van der Waals surface area contributed by atoms with Gasteiger partial charge >= 0.3 is 0 Å². The van der Waals surface area contributed by atoms with Gasteiger partial charge in [0.2, 0.25) is 5.91 Å². The topological polar surface area (TPSA) is 20.3 Å². The number of fused-ring (bicyclic) bond motifs is 2. The fourth-order valence-corrected chi connectivity index (χ4v) is 4.95. The molecule has 2 aliphatic heterocycles. The Balaban J connectivity index is 1.59. The highest BCUT2D eigenvalue weighted by Crippen LogP contribution is 2.40. The van der Waals surface area contributed by atoms with E-state index in [0.29, 0.717) is 34.5 Å². The number of hydrogen-bond acceptors (Lipinski definition) is 2. The first-order chi connectivity index (χ1) is 10.6. The highest BCUT2D eigenvalue weighted by atomic mass is 35.5. The molecule has 0 saturated carbocycles. The van der Waals surface area contributed by atoms with Crippen LogP contribution >= 0.6 is 35.0 Å². The summed E-state index contributed by atoms with van der Waals surface area (Å²) in [6.07, 6.45) is 8.17. The third kappa shape index (κ3) is 3.42. The number of thioether (sulfide) groups is 1. The van der Waals surface area contributed by atoms with Crippen LogP contribution in [0.4, 0.5) is 0 Å². The minimum Gasteiger partial charge on any atom is -0.337 e. The van der Waals surface area contributed by atoms with Crippen molar-refractivity contribution in [2.24, 2.45) is 0 Å². The Morgan fingerprint density at radius 2 is 1.91 bits per heavy atom. The largest absolute Gasteiger partial charge is 0.337 e. The van der Waals surface area contributed by atoms with E-state index in [1.54, 1.807) is 6.07 Å². The molecule has 1 aromatic carbocycles. The van der Waals surface area contributed by atoms with Crippen LogP contribution < -0.4 is 0 Å². The monoisotopic (exact) mass is 357 g/mol. The van der Waals surface area contributed by atoms with Gasteiger partial charge in [-0.15, -0.1) is 0 Å². The maximum atomic E-state index is 12.6. The Morgan fingerprint density at radius 1 is 1.23 bits per heavy atom. The standard InChI is InChI=1S/C17H21Cl2NOS/c1-22-14-9-12-4-5-13(10-14)20(12)17(21)7-3-11-2-6-15(18)16(19)8-11/h2,6,8,12-14H,3-5,7,9-10H2,1H3. The van der Waals surface area contributed by atoms with Crippen LogP contribution in [0.15, 0.2) is 18.2 Å². The van der Waals surface area contributed by atoms with Gasteiger partial charge in [0.1, 0.15) is 0 Å². The average molecular weight is 358 g/mol. The summed E-state index contributed by atoms with van der Waals surface area (Å²) in [6, 6.07) is 6.56. The molecule has 2 nitrogen and oxygen atoms in total. The van der Waals surface area contributed by atoms with Crippen LogP contribution in [0.25, 0.3) is 0 Å². The van der Waals surface area contributed by atoms with Gasteiger partial charge in [-0.05, 0) is 56.1 Å². The van der Waals surface area contributed by atoms with E-state index in [1.165, 1.54) is 12.8 Å². The van der Waals surface area contributed by atoms with Gasteiger partial charge in [-0.1, -0.05) is 29.3 Å². The molecule has 0 radical (unpaired) electrons. The van der Waals surface area contributed by atoms with Crippen molar-refractivity contribution < 1.29 is 4.79 Å². The van der Waals surface area contributed by atoms with E-state index < -0.39 is 0 Å². The molecule has 22 heavy (non-hydrogen) atoms. The summed E-state index contributed by atoms with van der Waals surface area (Å²) < 4.78 is 0. The number of carbonyl (C=O) groups excluding carboxylic acids is 1. The van der Waals surface area contributed by atoms with Crippen molar-refractivity contribution in [3.8, 4) is 0 Å². The number of nitrogens with zero attached hydrogens (tertiary/aromatic N) is 1. The molecule has 1 amide bonds. The van der Waals surface area contributed by atoms with E-state index in [0.717, 1.165) is 30.1 Å². The smallest absolute Gasteiger partial charge is 0.223 e. The molecule has 0 spiro atoms. The van der Waals surface area contributed by atoms with Gasteiger partial charge in [0.25, 0.3) is 0 Å². The van der Waals surface area contributed by atoms with E-state index in [-0.39, 0.29) is 0 Å². The predicted octanol–water partition coefficient (Wildman–Crippen LogP) is 4.81. The average Bonchev–Trinajstić information content (AvgIpc) is 2.78. The third-order valence-corrected chi connectivity index (χ3v) is 6.71. The van der Waals surface area contributed by atoms with E-state index in [9.17, 15) is 4.79 Å². The first kappa shape index (κ1) is 16.5. The predicted molar refractivity (Wildman–Crippen MR) is 95.0 cm³/mol. The number of halogens is 2. The lowest BCUT2D eigenvalue weighted by Crippen LogP contribution is -2.47. The second-order valence-corrected chi connectivity index (χ2v) is 8.22. The van der Waals surface area contributed by atoms with Crippen molar-refractivity contribution in [3.63, 3.8) is 0 Å². The number of benzene rings is 1. The normalized spacial score (nSPS) is 27.2. The van der Waals surface area contributed by atoms with Crippen LogP contribution in [0, 0.1) is 0 Å². The number of aryl methyl sites for hydroxylation is 1. The maximum absolute atomic E-state index is 12.6. The number of hydrogen-bond donors (Lipinski definition) is 0. The Bertz CT molecular complexity index is 552. The molecule has 2 aliphatic rings. The van der Waals surface area contributed by atoms with E-state index in [2.05, 4.69) is 11.2 Å². The molecule has 2 unspecified atom stereocenters. The minimum atomic E-state index is 0.304. The highest BCUT2D eigenvalue weighted by Gasteiger charge is 2.42. The summed E-state index contributed by atoms with van der Waals surface area (Å²) >= 11 is 13.9. The summed E-state index contributed by atoms with van der Waals surface area (Å²) in [7, 11) is 0. The molecule has 2 bridgehead atoms. The summed E-state index contributed by atoms with van der Waals surface area (Å²) in [5.74, 6) is 0.304. The van der Waals surface area contributed by atoms with Crippen molar-refractivity contribution >= 4 is 40.9 Å². The van der Waals surface area contributed by atoms with Gasteiger partial charge in [0.05, 0.1) is 10.0 Å². The molecule has 0 N–H and O–H groups in total. The maximum Gasteiger partial charge on any atom is 0.223 e. The quantitative estimate of drug-likeness (QED) is 0.770. The summed E-state index contributed by atoms with van der Waals surface area (Å²) in [6.45, 7) is 0. The van der Waals surface area contributed by atoms with Crippen LogP contribution in [-0.2, 0) is 11.2 Å². The van der Waals surface area contributed by atoms with Gasteiger partial charge in [0, 0.05) is 23.8 Å². The van der Waals surface area contributed by atoms with Crippen LogP contribution in [0.2, 0.25) is 10.0 Å². The molecule has 1 aromatic rings. The van der Waals surface area contributed by atoms with Crippen LogP contribution in [0.5, 0.6) is 0 Å². The van der Waals surface area contributed by atoms with Gasteiger partial charge in [-0.3, -0.25) is 4.79 Å². The zero-order valence-electron chi connectivity index (χ0n) is 12.7. The minimum absolute atomic E-state index is 0.304. The molecule has 120 valence electrons. The van der Waals surface area contributed by atoms with E-state index >= 15 is 0 Å². The van der Waals surface area contributed by atoms with Gasteiger partial charge in [-0.25, -0.2) is 0 Å². The third-order valence-electron chi connectivity index (χ3n) is 4.92. The number of piperidine rings is 1. The molecule has 2 atom stereocenters. The Hall–Kier alpha value is -0.380. The van der Waals surface area contributed by atoms with Crippen molar-refractivity contribution in [1.29, 1.82) is 0 Å². The number of rotatable bonds is 4. The molecule has 2 heterocycles. The zero-order chi connectivity index (χ0) is 15.7. The first-order valence-corrected chi connectivity index (χ1v) is 9.90. The molecular weight excluding hydrogens is 337 g/mol. The van der Waals surface area contributed by atoms with Gasteiger partial charge < -0.3 is 4.90 Å². The fourth-order valence-electron chi connectivity index (χ4n) is 3.80. The van der Waals surface area contributed by atoms with Crippen molar-refractivity contribution in [1.82, 2.24) is 4.90 Å². The second-order valence-electron chi connectivity index (χ2n) is 6.26. The molecule has 2 saturated heterocycles. The lowest BCUT2D eigenvalue weighted by atomic mass is 10.0. The van der Waals surface area contributed by atoms with Crippen molar-refractivity contribution in [2.75, 3.05) is 6.26 Å². The molecule has 2 fully saturated rings. The summed E-state index contributed by atoms with van der Waals surface area (Å²) in [5.41, 5.74) is 1.08. The van der Waals surface area contributed by atoms with Crippen LogP contribution in [-0.4, -0.2) is 34.4 Å². The van der Waals surface area contributed by atoms with Gasteiger partial charge in [0.15, 0.2) is 0 Å². The Labute approximate surface area is 146 Å². The number of amides is 1. The first-order valence-electron chi connectivity index (χ1n) is 7.86. The second kappa shape index (κ2) is 7.02. The number of carbonyl (C=O) groups is 1. The Kier molecular flexibility index (Phi) is 5.26. The summed E-state index contributed by atoms with van der Waals surface area (Å²) in [5, 5.41) is 1.86. The molecule has 0 aromatic heterocycles. The lowest BCUT2D eigenvalue weighted by molar-refractivity contribution is -0.135. The fraction of sp³-hybridized carbons (Fsp3) is 0.588. The summed E-state index contributed by atoms with van der Waals surface area (Å²) in [4.78, 5) is 14.8. The van der Waals surface area contributed by atoms with Crippen molar-refractivity contribution in [3.05, 3.63) is 33.8 Å². The van der Waals surface area contributed by atoms with Crippen molar-refractivity contribution in [2.45, 2.75) is 55.9 Å². The molecule has 0 aliphatic carbocycles. The SMILES string of the molecule is CSC1CC2CCC(C1)N2C(=O)CCc1ccc(Cl)c(Cl)c1. The van der Waals surface area contributed by atoms with Crippen LogP contribution in [0.1, 0.15) is 37.7 Å². The zero-order valence-corrected chi connectivity index (χ0v) is 15.1. The lowest BCUT2D eigenvalue weighted by Gasteiger charge is -2.38. The Morgan fingerprint density at radius 3 is 2.50 bits per heavy atom. The van der Waals surface area contributed by atoms with Gasteiger partial charge in [-0.2, -0.15) is 11.8 Å². The van der Waals surface area contributed by atoms with E-state index in [4.69, 9.17) is 23.2 Å². The molecule has 3 rings (SSSR count). The van der Waals surface area contributed by atoms with Crippen LogP contribution in [0.3, 0.4) is 0 Å². The highest BCUT2D eigenvalue weighted by molar-refractivity contribution is 7.99. The van der Waals surface area contributed by atoms with E-state index in [1.807, 2.05) is 23.9 Å².